The van der Waals surface area contributed by atoms with Gasteiger partial charge in [0.15, 0.2) is 24.6 Å². The van der Waals surface area contributed by atoms with E-state index in [2.05, 4.69) is 20.8 Å². The smallest absolute Gasteiger partial charge is 0.303 e. The van der Waals surface area contributed by atoms with Crippen LogP contribution < -0.4 is 5.32 Å². The minimum absolute atomic E-state index is 0.0807. The second kappa shape index (κ2) is 22.5. The van der Waals surface area contributed by atoms with Crippen molar-refractivity contribution in [1.82, 2.24) is 20.2 Å². The van der Waals surface area contributed by atoms with E-state index in [4.69, 9.17) is 45.4 Å². The van der Waals surface area contributed by atoms with Crippen LogP contribution in [0.5, 0.6) is 5.75 Å². The summed E-state index contributed by atoms with van der Waals surface area (Å²) < 4.78 is 43.7. The number of phenolic OH excluding ortho intramolecular Hbond substituents is 1. The van der Waals surface area contributed by atoms with E-state index in [9.17, 15) is 29.4 Å². The molecular weight excluding hydrogens is 907 g/mol. The molecule has 0 radical (unpaired) electrons. The largest absolute Gasteiger partial charge is 0.508 e. The fraction of sp³-hybridized carbons (Fsp3) is 0.362. The van der Waals surface area contributed by atoms with Crippen LogP contribution in [0.25, 0.3) is 5.69 Å². The molecule has 0 saturated carbocycles. The lowest BCUT2D eigenvalue weighted by Crippen LogP contribution is -2.62. The van der Waals surface area contributed by atoms with Crippen molar-refractivity contribution in [3.8, 4) is 11.4 Å². The van der Waals surface area contributed by atoms with Crippen LogP contribution in [0.15, 0.2) is 108 Å². The number of thioether (sulfide) groups is 1. The fourth-order valence-electron chi connectivity index (χ4n) is 7.97. The maximum Gasteiger partial charge on any atom is 0.303 e. The standard InChI is InChI=1S/C47H49N5O13S2/c1-26(54)59-24-38-44(61-28(3)56)45(62-29(4)57)43(60-27(2)55)37(63-38)22-40(66)48-34-12-8-11-33(21-34)46-64-39(25-67-47-49-50-51-52(47)35-17-19-36(58)20-18-35)41(31-9-6-5-7-10-31)42(65-46)32-15-13-30(23-53)14-16-32/h5-21,37-39,41-46,53,58H,22-25H2,1-4H3,(H,48,66). The molecule has 9 atom stereocenters. The van der Waals surface area contributed by atoms with Gasteiger partial charge in [-0.05, 0) is 63.5 Å². The summed E-state index contributed by atoms with van der Waals surface area (Å²) in [4.78, 5) is 49.1. The number of rotatable bonds is 16. The fourth-order valence-corrected chi connectivity index (χ4v) is 9.21. The normalized spacial score (nSPS) is 23.6. The number of ether oxygens (including phenoxy) is 7. The second-order valence-electron chi connectivity index (χ2n) is 15.7. The van der Waals surface area contributed by atoms with Gasteiger partial charge in [-0.3, -0.25) is 19.2 Å². The summed E-state index contributed by atoms with van der Waals surface area (Å²) in [5.74, 6) is -2.65. The molecule has 0 amide bonds. The number of aromatic nitrogens is 4. The topological polar surface area (TPSA) is 229 Å². The van der Waals surface area contributed by atoms with Gasteiger partial charge >= 0.3 is 23.9 Å². The summed E-state index contributed by atoms with van der Waals surface area (Å²) >= 11 is 7.25. The van der Waals surface area contributed by atoms with Gasteiger partial charge in [-0.1, -0.05) is 90.7 Å². The van der Waals surface area contributed by atoms with Crippen LogP contribution in [0.3, 0.4) is 0 Å². The summed E-state index contributed by atoms with van der Waals surface area (Å²) in [7, 11) is 0. The Morgan fingerprint density at radius 3 is 2.04 bits per heavy atom. The number of aliphatic hydroxyl groups excluding tert-OH is 1. The maximum absolute atomic E-state index is 12.4. The van der Waals surface area contributed by atoms with Crippen molar-refractivity contribution in [3.05, 3.63) is 125 Å². The van der Waals surface area contributed by atoms with Gasteiger partial charge in [-0.2, -0.15) is 4.68 Å². The first kappa shape index (κ1) is 48.6. The quantitative estimate of drug-likeness (QED) is 0.0456. The SMILES string of the molecule is CC(=O)OCC1OC(CC(=S)Nc2cccc(C3OC(CSc4nnnn4-c4ccc(O)cc4)C(c4ccccc4)C(c4ccc(CO)cc4)O3)c2)C(OC(C)=O)C(OC(C)=O)C1OC(C)=O. The molecule has 9 unspecified atom stereocenters. The number of tetrazole rings is 1. The average Bonchev–Trinajstić information content (AvgIpc) is 3.78. The molecule has 3 N–H and O–H groups in total. The highest BCUT2D eigenvalue weighted by atomic mass is 32.2. The van der Waals surface area contributed by atoms with Crippen molar-refractivity contribution in [2.24, 2.45) is 0 Å². The lowest BCUT2D eigenvalue weighted by molar-refractivity contribution is -0.255. The van der Waals surface area contributed by atoms with Crippen LogP contribution in [-0.2, 0) is 58.9 Å². The highest BCUT2D eigenvalue weighted by Crippen LogP contribution is 2.48. The third-order valence-electron chi connectivity index (χ3n) is 10.8. The Hall–Kier alpha value is -6.29. The van der Waals surface area contributed by atoms with Gasteiger partial charge in [0.05, 0.1) is 29.5 Å². The summed E-state index contributed by atoms with van der Waals surface area (Å²) in [6.45, 7) is 4.19. The molecule has 1 aromatic heterocycles. The first-order valence-corrected chi connectivity index (χ1v) is 22.6. The summed E-state index contributed by atoms with van der Waals surface area (Å²) in [5.41, 5.74) is 4.44. The zero-order valence-corrected chi connectivity index (χ0v) is 38.5. The number of aliphatic hydroxyl groups is 1. The molecule has 18 nitrogen and oxygen atoms in total. The highest BCUT2D eigenvalue weighted by molar-refractivity contribution is 7.99. The Bertz CT molecular complexity index is 2510. The average molecular weight is 956 g/mol. The number of thiocarbonyl (C=S) groups is 1. The number of esters is 4. The number of aromatic hydroxyl groups is 1. The molecule has 7 rings (SSSR count). The van der Waals surface area contributed by atoms with E-state index in [1.54, 1.807) is 35.0 Å². The molecule has 2 aliphatic heterocycles. The maximum atomic E-state index is 12.4. The summed E-state index contributed by atoms with van der Waals surface area (Å²) in [6.07, 6.45) is -8.11. The summed E-state index contributed by atoms with van der Waals surface area (Å²) in [5, 5.41) is 35.9. The van der Waals surface area contributed by atoms with Gasteiger partial charge in [-0.25, -0.2) is 0 Å². The second-order valence-corrected chi connectivity index (χ2v) is 17.2. The monoisotopic (exact) mass is 955 g/mol. The van der Waals surface area contributed by atoms with E-state index >= 15 is 0 Å². The summed E-state index contributed by atoms with van der Waals surface area (Å²) in [6, 6.07) is 31.4. The van der Waals surface area contributed by atoms with Crippen molar-refractivity contribution in [3.63, 3.8) is 0 Å². The van der Waals surface area contributed by atoms with E-state index in [1.807, 2.05) is 72.8 Å². The molecular formula is C47H49N5O13S2. The molecule has 2 aliphatic rings. The van der Waals surface area contributed by atoms with Gasteiger partial charge in [-0.15, -0.1) is 5.10 Å². The molecule has 5 aromatic rings. The third-order valence-corrected chi connectivity index (χ3v) is 12.1. The molecule has 2 saturated heterocycles. The van der Waals surface area contributed by atoms with Crippen LogP contribution in [0.4, 0.5) is 5.69 Å². The lowest BCUT2D eigenvalue weighted by Gasteiger charge is -2.44. The predicted molar refractivity (Wildman–Crippen MR) is 244 cm³/mol. The number of nitrogens with zero attached hydrogens (tertiary/aromatic N) is 4. The number of phenols is 1. The van der Waals surface area contributed by atoms with Crippen molar-refractivity contribution in [2.45, 2.75) is 101 Å². The number of carbonyl (C=O) groups is 4. The molecule has 2 fully saturated rings. The molecule has 0 bridgehead atoms. The Morgan fingerprint density at radius 1 is 0.731 bits per heavy atom. The number of carbonyl (C=O) groups excluding carboxylic acids is 4. The molecule has 352 valence electrons. The van der Waals surface area contributed by atoms with Crippen LogP contribution in [0, 0.1) is 0 Å². The molecule has 4 aromatic carbocycles. The zero-order valence-electron chi connectivity index (χ0n) is 36.8. The van der Waals surface area contributed by atoms with Gasteiger partial charge in [0.2, 0.25) is 5.16 Å². The van der Waals surface area contributed by atoms with E-state index in [1.165, 1.54) is 25.6 Å². The molecule has 3 heterocycles. The van der Waals surface area contributed by atoms with E-state index in [0.29, 0.717) is 27.8 Å². The predicted octanol–water partition coefficient (Wildman–Crippen LogP) is 5.85. The van der Waals surface area contributed by atoms with Crippen molar-refractivity contribution in [2.75, 3.05) is 17.7 Å². The van der Waals surface area contributed by atoms with E-state index in [-0.39, 0.29) is 36.3 Å². The number of nitrogens with one attached hydrogen (secondary N) is 1. The zero-order chi connectivity index (χ0) is 47.6. The number of anilines is 1. The Balaban J connectivity index is 1.17. The van der Waals surface area contributed by atoms with Gasteiger partial charge in [0, 0.05) is 57.0 Å². The van der Waals surface area contributed by atoms with Crippen LogP contribution >= 0.6 is 24.0 Å². The van der Waals surface area contributed by atoms with Crippen molar-refractivity contribution < 1.29 is 62.5 Å². The van der Waals surface area contributed by atoms with Gasteiger partial charge in [0.1, 0.15) is 24.6 Å². The minimum Gasteiger partial charge on any atom is -0.508 e. The number of hydrogen-bond acceptors (Lipinski definition) is 18. The van der Waals surface area contributed by atoms with Crippen LogP contribution in [0.2, 0.25) is 0 Å². The number of hydrogen-bond donors (Lipinski definition) is 3. The van der Waals surface area contributed by atoms with E-state index in [0.717, 1.165) is 30.5 Å². The first-order valence-electron chi connectivity index (χ1n) is 21.2. The molecule has 20 heteroatoms. The number of benzene rings is 4. The highest BCUT2D eigenvalue weighted by Gasteiger charge is 2.52. The van der Waals surface area contributed by atoms with E-state index < -0.39 is 72.9 Å². The first-order chi connectivity index (χ1) is 32.3. The Kier molecular flexibility index (Phi) is 16.3. The lowest BCUT2D eigenvalue weighted by atomic mass is 9.84. The minimum atomic E-state index is -1.34. The Morgan fingerprint density at radius 2 is 1.39 bits per heavy atom. The van der Waals surface area contributed by atoms with Crippen molar-refractivity contribution >= 4 is 58.5 Å². The Labute approximate surface area is 395 Å². The third kappa shape index (κ3) is 12.6. The molecule has 67 heavy (non-hydrogen) atoms. The van der Waals surface area contributed by atoms with Crippen LogP contribution in [0.1, 0.15) is 74.7 Å². The van der Waals surface area contributed by atoms with Crippen molar-refractivity contribution in [1.29, 1.82) is 0 Å². The van der Waals surface area contributed by atoms with Gasteiger partial charge in [0.25, 0.3) is 0 Å². The van der Waals surface area contributed by atoms with Crippen LogP contribution in [-0.4, -0.2) is 108 Å². The molecule has 0 spiro atoms. The molecule has 0 aliphatic carbocycles. The van der Waals surface area contributed by atoms with Gasteiger partial charge < -0.3 is 48.7 Å².